The molecule has 0 spiro atoms. The molecule has 4 rings (SSSR count). The van der Waals surface area contributed by atoms with Gasteiger partial charge in [-0.3, -0.25) is 0 Å². The Morgan fingerprint density at radius 3 is 2.58 bits per heavy atom. The van der Waals surface area contributed by atoms with Crippen LogP contribution in [-0.4, -0.2) is 9.38 Å². The Kier molecular flexibility index (Phi) is 4.13. The van der Waals surface area contributed by atoms with Crippen LogP contribution in [0.1, 0.15) is 11.3 Å². The first-order valence-electron chi connectivity index (χ1n) is 7.67. The number of rotatable bonds is 3. The molecule has 0 radical (unpaired) electrons. The van der Waals surface area contributed by atoms with E-state index in [2.05, 4.69) is 56.7 Å². The van der Waals surface area contributed by atoms with Crippen molar-refractivity contribution in [1.82, 2.24) is 9.38 Å². The van der Waals surface area contributed by atoms with E-state index in [9.17, 15) is 0 Å². The molecule has 0 N–H and O–H groups in total. The van der Waals surface area contributed by atoms with Gasteiger partial charge in [-0.15, -0.1) is 0 Å². The fraction of sp³-hybridized carbons (Fsp3) is 0.0500. The molecule has 118 valence electrons. The molecule has 0 aliphatic rings. The van der Waals surface area contributed by atoms with Crippen molar-refractivity contribution in [3.63, 3.8) is 0 Å². The van der Waals surface area contributed by atoms with E-state index in [0.29, 0.717) is 5.02 Å². The second kappa shape index (κ2) is 6.42. The highest BCUT2D eigenvalue weighted by molar-refractivity contribution is 9.10. The molecule has 4 heteroatoms. The maximum atomic E-state index is 6.22. The zero-order valence-corrected chi connectivity index (χ0v) is 15.1. The highest BCUT2D eigenvalue weighted by atomic mass is 79.9. The lowest BCUT2D eigenvalue weighted by Crippen LogP contribution is -1.96. The first kappa shape index (κ1) is 15.4. The lowest BCUT2D eigenvalue weighted by molar-refractivity contribution is 1.03. The summed E-state index contributed by atoms with van der Waals surface area (Å²) in [4.78, 5) is 4.84. The Hall–Kier alpha value is -2.10. The summed E-state index contributed by atoms with van der Waals surface area (Å²) in [5.74, 6) is 0. The summed E-state index contributed by atoms with van der Waals surface area (Å²) in [6.07, 6.45) is 2.73. The average Bonchev–Trinajstić information content (AvgIpc) is 2.94. The Bertz CT molecular complexity index is 1010. The minimum Gasteiger partial charge on any atom is -0.302 e. The van der Waals surface area contributed by atoms with Gasteiger partial charge in [0, 0.05) is 22.7 Å². The van der Waals surface area contributed by atoms with Crippen LogP contribution in [0.3, 0.4) is 0 Å². The van der Waals surface area contributed by atoms with E-state index >= 15 is 0 Å². The van der Waals surface area contributed by atoms with Gasteiger partial charge in [0.1, 0.15) is 5.65 Å². The van der Waals surface area contributed by atoms with Crippen LogP contribution >= 0.6 is 27.5 Å². The SMILES string of the molecule is Clc1ccc2nc(-c3cccc(Br)c3)c(Cc3ccccc3)n2c1. The maximum Gasteiger partial charge on any atom is 0.137 e. The summed E-state index contributed by atoms with van der Waals surface area (Å²) >= 11 is 9.77. The second-order valence-electron chi connectivity index (χ2n) is 5.66. The summed E-state index contributed by atoms with van der Waals surface area (Å²) in [7, 11) is 0. The normalized spacial score (nSPS) is 11.1. The molecule has 2 aromatic heterocycles. The quantitative estimate of drug-likeness (QED) is 0.414. The van der Waals surface area contributed by atoms with E-state index in [4.69, 9.17) is 16.6 Å². The molecule has 0 atom stereocenters. The van der Waals surface area contributed by atoms with Crippen molar-refractivity contribution in [2.24, 2.45) is 0 Å². The Morgan fingerprint density at radius 1 is 0.958 bits per heavy atom. The average molecular weight is 398 g/mol. The monoisotopic (exact) mass is 396 g/mol. The lowest BCUT2D eigenvalue weighted by atomic mass is 10.0. The van der Waals surface area contributed by atoms with E-state index in [1.807, 2.05) is 36.5 Å². The van der Waals surface area contributed by atoms with Crippen LogP contribution in [0.15, 0.2) is 77.4 Å². The van der Waals surface area contributed by atoms with Crippen molar-refractivity contribution < 1.29 is 0 Å². The molecule has 2 nitrogen and oxygen atoms in total. The van der Waals surface area contributed by atoms with Gasteiger partial charge in [0.05, 0.1) is 16.4 Å². The maximum absolute atomic E-state index is 6.22. The fourth-order valence-electron chi connectivity index (χ4n) is 2.89. The number of nitrogens with zero attached hydrogens (tertiary/aromatic N) is 2. The van der Waals surface area contributed by atoms with Crippen molar-refractivity contribution in [2.75, 3.05) is 0 Å². The highest BCUT2D eigenvalue weighted by Crippen LogP contribution is 2.29. The molecular weight excluding hydrogens is 384 g/mol. The van der Waals surface area contributed by atoms with E-state index in [1.165, 1.54) is 5.56 Å². The van der Waals surface area contributed by atoms with E-state index in [1.54, 1.807) is 0 Å². The molecule has 0 fully saturated rings. The van der Waals surface area contributed by atoms with Crippen LogP contribution in [0, 0.1) is 0 Å². The number of hydrogen-bond donors (Lipinski definition) is 0. The van der Waals surface area contributed by atoms with Crippen molar-refractivity contribution >= 4 is 33.2 Å². The number of fused-ring (bicyclic) bond motifs is 1. The van der Waals surface area contributed by atoms with Crippen LogP contribution < -0.4 is 0 Å². The molecule has 0 saturated carbocycles. The molecule has 2 heterocycles. The molecule has 24 heavy (non-hydrogen) atoms. The van der Waals surface area contributed by atoms with E-state index in [-0.39, 0.29) is 0 Å². The van der Waals surface area contributed by atoms with Gasteiger partial charge in [-0.25, -0.2) is 4.98 Å². The molecule has 0 amide bonds. The summed E-state index contributed by atoms with van der Waals surface area (Å²) in [5, 5.41) is 0.704. The summed E-state index contributed by atoms with van der Waals surface area (Å²) in [5.41, 5.74) is 5.37. The second-order valence-corrected chi connectivity index (χ2v) is 7.01. The van der Waals surface area contributed by atoms with Crippen LogP contribution in [0.2, 0.25) is 5.02 Å². The predicted octanol–water partition coefficient (Wildman–Crippen LogP) is 6.01. The van der Waals surface area contributed by atoms with Crippen molar-refractivity contribution in [3.8, 4) is 11.3 Å². The van der Waals surface area contributed by atoms with E-state index in [0.717, 1.165) is 33.5 Å². The zero-order valence-electron chi connectivity index (χ0n) is 12.8. The summed E-state index contributed by atoms with van der Waals surface area (Å²) < 4.78 is 3.13. The third-order valence-electron chi connectivity index (χ3n) is 3.99. The largest absolute Gasteiger partial charge is 0.302 e. The molecule has 0 aliphatic carbocycles. The number of halogens is 2. The van der Waals surface area contributed by atoms with Gasteiger partial charge in [-0.05, 0) is 29.8 Å². The molecule has 0 aliphatic heterocycles. The van der Waals surface area contributed by atoms with Gasteiger partial charge in [-0.1, -0.05) is 70.0 Å². The third-order valence-corrected chi connectivity index (χ3v) is 4.71. The summed E-state index contributed by atoms with van der Waals surface area (Å²) in [6, 6.07) is 22.5. The van der Waals surface area contributed by atoms with Gasteiger partial charge in [0.15, 0.2) is 0 Å². The number of imidazole rings is 1. The molecule has 0 bridgehead atoms. The standard InChI is InChI=1S/C20H14BrClN2/c21-16-8-4-7-15(12-16)20-18(11-14-5-2-1-3-6-14)24-13-17(22)9-10-19(24)23-20/h1-10,12-13H,11H2. The van der Waals surface area contributed by atoms with Crippen LogP contribution in [0.4, 0.5) is 0 Å². The highest BCUT2D eigenvalue weighted by Gasteiger charge is 2.15. The van der Waals surface area contributed by atoms with Crippen LogP contribution in [0.25, 0.3) is 16.9 Å². The third kappa shape index (κ3) is 2.97. The van der Waals surface area contributed by atoms with Crippen molar-refractivity contribution in [3.05, 3.63) is 93.7 Å². The minimum absolute atomic E-state index is 0.704. The lowest BCUT2D eigenvalue weighted by Gasteiger charge is -2.06. The van der Waals surface area contributed by atoms with Crippen LogP contribution in [0.5, 0.6) is 0 Å². The molecule has 0 unspecified atom stereocenters. The molecule has 0 saturated heterocycles. The van der Waals surface area contributed by atoms with Crippen LogP contribution in [-0.2, 0) is 6.42 Å². The fourth-order valence-corrected chi connectivity index (χ4v) is 3.45. The Labute approximate surface area is 153 Å². The predicted molar refractivity (Wildman–Crippen MR) is 103 cm³/mol. The minimum atomic E-state index is 0.704. The van der Waals surface area contributed by atoms with Crippen molar-refractivity contribution in [1.29, 1.82) is 0 Å². The van der Waals surface area contributed by atoms with Gasteiger partial charge in [-0.2, -0.15) is 0 Å². The topological polar surface area (TPSA) is 17.3 Å². The molecule has 4 aromatic rings. The molecule has 2 aromatic carbocycles. The van der Waals surface area contributed by atoms with E-state index < -0.39 is 0 Å². The number of aromatic nitrogens is 2. The van der Waals surface area contributed by atoms with Gasteiger partial charge in [0.25, 0.3) is 0 Å². The van der Waals surface area contributed by atoms with Gasteiger partial charge >= 0.3 is 0 Å². The Balaban J connectivity index is 1.93. The van der Waals surface area contributed by atoms with Gasteiger partial charge in [0.2, 0.25) is 0 Å². The number of benzene rings is 2. The number of hydrogen-bond acceptors (Lipinski definition) is 1. The Morgan fingerprint density at radius 2 is 1.79 bits per heavy atom. The molecular formula is C20H14BrClN2. The number of pyridine rings is 1. The summed E-state index contributed by atoms with van der Waals surface area (Å²) in [6.45, 7) is 0. The van der Waals surface area contributed by atoms with Gasteiger partial charge < -0.3 is 4.40 Å². The van der Waals surface area contributed by atoms with Crippen molar-refractivity contribution in [2.45, 2.75) is 6.42 Å². The first-order valence-corrected chi connectivity index (χ1v) is 8.84. The first-order chi connectivity index (χ1) is 11.7. The zero-order chi connectivity index (χ0) is 16.5. The smallest absolute Gasteiger partial charge is 0.137 e.